The quantitative estimate of drug-likeness (QED) is 0.261. The van der Waals surface area contributed by atoms with Gasteiger partial charge in [-0.3, -0.25) is 0 Å². The Labute approximate surface area is 273 Å². The Kier molecular flexibility index (Phi) is 11.5. The minimum atomic E-state index is -0.222. The molecule has 4 saturated carbocycles. The summed E-state index contributed by atoms with van der Waals surface area (Å²) in [5.41, 5.74) is 3.37. The summed E-state index contributed by atoms with van der Waals surface area (Å²) in [6.07, 6.45) is 18.7. The molecule has 1 radical (unpaired) electrons. The smallest absolute Gasteiger partial charge is 0.0626 e. The molecule has 43 heavy (non-hydrogen) atoms. The predicted octanol–water partition coefficient (Wildman–Crippen LogP) is 9.35. The van der Waals surface area contributed by atoms with Crippen LogP contribution in [0.4, 0.5) is 0 Å². The van der Waals surface area contributed by atoms with Gasteiger partial charge in [0.15, 0.2) is 0 Å². The number of pyridine rings is 1. The Hall–Kier alpha value is -1.58. The van der Waals surface area contributed by atoms with Crippen LogP contribution in [0.2, 0.25) is 0 Å². The largest absolute Gasteiger partial charge is 0.392 e. The molecule has 235 valence electrons. The van der Waals surface area contributed by atoms with E-state index in [1.807, 2.05) is 30.5 Å². The molecule has 0 saturated heterocycles. The van der Waals surface area contributed by atoms with Gasteiger partial charge in [0.05, 0.1) is 12.2 Å². The summed E-state index contributed by atoms with van der Waals surface area (Å²) in [5, 5.41) is 24.6. The van der Waals surface area contributed by atoms with E-state index >= 15 is 0 Å². The van der Waals surface area contributed by atoms with Gasteiger partial charge in [-0.05, 0) is 82.9 Å². The van der Waals surface area contributed by atoms with E-state index in [1.54, 1.807) is 0 Å². The number of aliphatic hydroxyl groups excluding tert-OH is 2. The summed E-state index contributed by atoms with van der Waals surface area (Å²) in [5.74, 6) is 3.80. The molecule has 1 heterocycles. The molecule has 4 heteroatoms. The van der Waals surface area contributed by atoms with Crippen molar-refractivity contribution < 1.29 is 30.3 Å². The molecule has 3 aromatic rings. The van der Waals surface area contributed by atoms with Crippen LogP contribution in [-0.4, -0.2) is 27.4 Å². The van der Waals surface area contributed by atoms with Gasteiger partial charge in [0.2, 0.25) is 0 Å². The van der Waals surface area contributed by atoms with Crippen molar-refractivity contribution in [1.29, 1.82) is 0 Å². The monoisotopic (exact) mass is 759 g/mol. The Morgan fingerprint density at radius 1 is 0.721 bits per heavy atom. The molecule has 7 rings (SSSR count). The van der Waals surface area contributed by atoms with Crippen LogP contribution >= 0.6 is 0 Å². The number of nitrogens with zero attached hydrogens (tertiary/aromatic N) is 1. The van der Waals surface area contributed by atoms with Crippen LogP contribution in [0.5, 0.6) is 0 Å². The summed E-state index contributed by atoms with van der Waals surface area (Å²) >= 11 is 0. The summed E-state index contributed by atoms with van der Waals surface area (Å²) in [6, 6.07) is 19.9. The maximum absolute atomic E-state index is 11.1. The van der Waals surface area contributed by atoms with Gasteiger partial charge >= 0.3 is 0 Å². The van der Waals surface area contributed by atoms with Crippen LogP contribution in [0.25, 0.3) is 22.0 Å². The molecule has 4 fully saturated rings. The second-order valence-corrected chi connectivity index (χ2v) is 14.4. The molecular formula is C39H52IrNO2-. The van der Waals surface area contributed by atoms with Crippen molar-refractivity contribution in [3.05, 3.63) is 66.4 Å². The van der Waals surface area contributed by atoms with Gasteiger partial charge in [-0.25, -0.2) is 0 Å². The third kappa shape index (κ3) is 7.46. The van der Waals surface area contributed by atoms with Crippen LogP contribution in [-0.2, 0) is 20.1 Å². The first-order valence-corrected chi connectivity index (χ1v) is 17.2. The third-order valence-corrected chi connectivity index (χ3v) is 11.6. The van der Waals surface area contributed by atoms with Crippen LogP contribution in [0.15, 0.2) is 54.7 Å². The van der Waals surface area contributed by atoms with Gasteiger partial charge in [0.25, 0.3) is 0 Å². The van der Waals surface area contributed by atoms with E-state index in [2.05, 4.69) is 49.2 Å². The SMILES string of the molecule is CC(C)c1ccc2cc(-c3[c-]cccc3)ncc2c1.OC1C2C(CC[C@@H]1C1CCCCC1)C[C@H](C1CCCCC1)C2O.[Ir]. The molecule has 2 N–H and O–H groups in total. The Morgan fingerprint density at radius 2 is 1.40 bits per heavy atom. The van der Waals surface area contributed by atoms with E-state index in [9.17, 15) is 10.2 Å². The number of aromatic nitrogens is 1. The van der Waals surface area contributed by atoms with Crippen LogP contribution in [0.3, 0.4) is 0 Å². The van der Waals surface area contributed by atoms with Crippen LogP contribution in [0.1, 0.15) is 109 Å². The van der Waals surface area contributed by atoms with Crippen molar-refractivity contribution in [2.75, 3.05) is 0 Å². The van der Waals surface area contributed by atoms with Crippen molar-refractivity contribution in [2.45, 2.75) is 115 Å². The zero-order chi connectivity index (χ0) is 29.1. The van der Waals surface area contributed by atoms with Gasteiger partial charge in [-0.1, -0.05) is 96.3 Å². The minimum Gasteiger partial charge on any atom is -0.392 e. The predicted molar refractivity (Wildman–Crippen MR) is 173 cm³/mol. The molecule has 3 nitrogen and oxygen atoms in total. The molecule has 0 bridgehead atoms. The van der Waals surface area contributed by atoms with E-state index in [0.717, 1.165) is 23.1 Å². The fraction of sp³-hybridized carbons (Fsp3) is 0.615. The number of benzene rings is 2. The number of rotatable bonds is 4. The number of hydrogen-bond donors (Lipinski definition) is 2. The molecule has 6 atom stereocenters. The Balaban J connectivity index is 0.000000170. The molecule has 4 unspecified atom stereocenters. The molecular weight excluding hydrogens is 707 g/mol. The average molecular weight is 759 g/mol. The first-order chi connectivity index (χ1) is 20.5. The van der Waals surface area contributed by atoms with Crippen molar-refractivity contribution in [3.63, 3.8) is 0 Å². The fourth-order valence-corrected chi connectivity index (χ4v) is 9.19. The van der Waals surface area contributed by atoms with Crippen molar-refractivity contribution in [2.24, 2.45) is 35.5 Å². The number of hydrogen-bond acceptors (Lipinski definition) is 3. The van der Waals surface area contributed by atoms with E-state index in [4.69, 9.17) is 0 Å². The van der Waals surface area contributed by atoms with Crippen LogP contribution in [0, 0.1) is 41.6 Å². The normalized spacial score (nSPS) is 29.9. The molecule has 4 aliphatic carbocycles. The van der Waals surface area contributed by atoms with Crippen molar-refractivity contribution in [1.82, 2.24) is 4.98 Å². The molecule has 2 aromatic carbocycles. The molecule has 1 aromatic heterocycles. The van der Waals surface area contributed by atoms with E-state index in [0.29, 0.717) is 23.7 Å². The molecule has 0 aliphatic heterocycles. The zero-order valence-corrected chi connectivity index (χ0v) is 28.7. The summed E-state index contributed by atoms with van der Waals surface area (Å²) in [7, 11) is 0. The molecule has 0 amide bonds. The van der Waals surface area contributed by atoms with Gasteiger partial charge < -0.3 is 15.2 Å². The second-order valence-electron chi connectivity index (χ2n) is 14.4. The second kappa shape index (κ2) is 15.1. The number of fused-ring (bicyclic) bond motifs is 2. The maximum atomic E-state index is 11.1. The van der Waals surface area contributed by atoms with E-state index in [1.165, 1.54) is 99.8 Å². The van der Waals surface area contributed by atoms with Crippen LogP contribution < -0.4 is 0 Å². The summed E-state index contributed by atoms with van der Waals surface area (Å²) < 4.78 is 0. The van der Waals surface area contributed by atoms with Crippen molar-refractivity contribution >= 4 is 10.8 Å². The van der Waals surface area contributed by atoms with Gasteiger partial charge in [-0.15, -0.1) is 35.9 Å². The van der Waals surface area contributed by atoms with Gasteiger partial charge in [-0.2, -0.15) is 0 Å². The first-order valence-electron chi connectivity index (χ1n) is 17.2. The average Bonchev–Trinajstić information content (AvgIpc) is 3.39. The third-order valence-electron chi connectivity index (χ3n) is 11.6. The summed E-state index contributed by atoms with van der Waals surface area (Å²) in [4.78, 5) is 4.55. The van der Waals surface area contributed by atoms with E-state index in [-0.39, 0.29) is 38.2 Å². The molecule has 0 spiro atoms. The molecule has 4 aliphatic rings. The first kappa shape index (κ1) is 32.8. The fourth-order valence-electron chi connectivity index (χ4n) is 9.19. The maximum Gasteiger partial charge on any atom is 0.0626 e. The topological polar surface area (TPSA) is 53.4 Å². The number of aliphatic hydroxyl groups is 2. The van der Waals surface area contributed by atoms with Gasteiger partial charge in [0.1, 0.15) is 0 Å². The van der Waals surface area contributed by atoms with Gasteiger partial charge in [0, 0.05) is 32.2 Å². The Bertz CT molecular complexity index is 1270. The minimum absolute atomic E-state index is 0. The standard InChI is InChI=1S/C21H36O2.C18H16N.Ir/c22-20-17(14-7-3-1-4-8-14)12-11-16-13-18(21(23)19(16)20)15-9-5-2-6-10-15;1-13(2)15-8-9-16-11-18(19-12-17(16)10-15)14-6-4-3-5-7-14;/h14-23H,1-13H2;3-6,8-13H,1-2H3;/q;-1;/t16?,17-,18-,19?,20?,21?;;/m1../s1. The van der Waals surface area contributed by atoms with E-state index < -0.39 is 0 Å². The zero-order valence-electron chi connectivity index (χ0n) is 26.3. The van der Waals surface area contributed by atoms with Crippen molar-refractivity contribution in [3.8, 4) is 11.3 Å². The summed E-state index contributed by atoms with van der Waals surface area (Å²) in [6.45, 7) is 4.42. The Morgan fingerprint density at radius 3 is 2.05 bits per heavy atom.